The summed E-state index contributed by atoms with van der Waals surface area (Å²) < 4.78 is 5.92. The second kappa shape index (κ2) is 10.2. The van der Waals surface area contributed by atoms with Gasteiger partial charge in [-0.1, -0.05) is 58.0 Å². The molecule has 0 heterocycles. The Kier molecular flexibility index (Phi) is 7.91. The summed E-state index contributed by atoms with van der Waals surface area (Å²) in [5.41, 5.74) is 2.54. The van der Waals surface area contributed by atoms with Crippen LogP contribution in [-0.4, -0.2) is 32.1 Å². The molecule has 0 spiro atoms. The zero-order valence-corrected chi connectivity index (χ0v) is 17.9. The number of hydrogen-bond donors (Lipinski definition) is 1. The predicted molar refractivity (Wildman–Crippen MR) is 117 cm³/mol. The second-order valence-corrected chi connectivity index (χ2v) is 8.19. The fourth-order valence-electron chi connectivity index (χ4n) is 2.97. The fourth-order valence-corrected chi connectivity index (χ4v) is 2.97. The van der Waals surface area contributed by atoms with Gasteiger partial charge >= 0.3 is 0 Å². The maximum absolute atomic E-state index is 12.5. The summed E-state index contributed by atoms with van der Waals surface area (Å²) in [7, 11) is 2.07. The Morgan fingerprint density at radius 1 is 1.07 bits per heavy atom. The van der Waals surface area contributed by atoms with Gasteiger partial charge in [-0.25, -0.2) is 0 Å². The number of para-hydroxylation sites is 1. The smallest absolute Gasteiger partial charge is 0.261 e. The molecule has 0 aliphatic carbocycles. The first kappa shape index (κ1) is 21.8. The standard InChI is InChI=1S/C24H34N2O2/c1-6-22(28-21-15-13-19(14-16-21)24(2,3)4)23(27)25-17-10-18-26(5)20-11-8-7-9-12-20/h7-9,11-16,22H,6,10,17-18H2,1-5H3,(H,25,27)/t22-/m0/s1. The summed E-state index contributed by atoms with van der Waals surface area (Å²) in [5, 5.41) is 3.01. The van der Waals surface area contributed by atoms with Gasteiger partial charge in [-0.3, -0.25) is 4.79 Å². The summed E-state index contributed by atoms with van der Waals surface area (Å²) in [6, 6.07) is 18.3. The largest absolute Gasteiger partial charge is 0.481 e. The third-order valence-electron chi connectivity index (χ3n) is 4.83. The zero-order chi connectivity index (χ0) is 20.6. The lowest BCUT2D eigenvalue weighted by Crippen LogP contribution is -2.39. The topological polar surface area (TPSA) is 41.6 Å². The van der Waals surface area contributed by atoms with Crippen molar-refractivity contribution >= 4 is 11.6 Å². The molecule has 4 heteroatoms. The third kappa shape index (κ3) is 6.59. The molecule has 0 saturated heterocycles. The van der Waals surface area contributed by atoms with Crippen molar-refractivity contribution in [3.8, 4) is 5.75 Å². The van der Waals surface area contributed by atoms with E-state index in [4.69, 9.17) is 4.74 Å². The Morgan fingerprint density at radius 2 is 1.71 bits per heavy atom. The van der Waals surface area contributed by atoms with Crippen molar-refractivity contribution in [3.05, 3.63) is 60.2 Å². The highest BCUT2D eigenvalue weighted by Crippen LogP contribution is 2.24. The minimum atomic E-state index is -0.465. The monoisotopic (exact) mass is 382 g/mol. The Labute approximate surface area is 169 Å². The van der Waals surface area contributed by atoms with Crippen molar-refractivity contribution in [3.63, 3.8) is 0 Å². The van der Waals surface area contributed by atoms with E-state index in [1.54, 1.807) is 0 Å². The number of benzene rings is 2. The van der Waals surface area contributed by atoms with Crippen LogP contribution in [0.25, 0.3) is 0 Å². The Balaban J connectivity index is 1.78. The van der Waals surface area contributed by atoms with Crippen molar-refractivity contribution in [2.45, 2.75) is 52.1 Å². The first-order chi connectivity index (χ1) is 13.3. The zero-order valence-electron chi connectivity index (χ0n) is 17.9. The van der Waals surface area contributed by atoms with Crippen molar-refractivity contribution in [1.29, 1.82) is 0 Å². The molecule has 4 nitrogen and oxygen atoms in total. The highest BCUT2D eigenvalue weighted by atomic mass is 16.5. The van der Waals surface area contributed by atoms with E-state index in [-0.39, 0.29) is 11.3 Å². The summed E-state index contributed by atoms with van der Waals surface area (Å²) in [6.45, 7) is 10.0. The third-order valence-corrected chi connectivity index (χ3v) is 4.83. The van der Waals surface area contributed by atoms with Gasteiger partial charge in [0.05, 0.1) is 0 Å². The predicted octanol–water partition coefficient (Wildman–Crippen LogP) is 4.78. The molecular weight excluding hydrogens is 348 g/mol. The lowest BCUT2D eigenvalue weighted by atomic mass is 9.87. The molecule has 0 saturated carbocycles. The lowest BCUT2D eigenvalue weighted by Gasteiger charge is -2.21. The van der Waals surface area contributed by atoms with E-state index >= 15 is 0 Å². The molecule has 0 aliphatic heterocycles. The van der Waals surface area contributed by atoms with Gasteiger partial charge in [-0.15, -0.1) is 0 Å². The van der Waals surface area contributed by atoms with Crippen LogP contribution < -0.4 is 15.0 Å². The SMILES string of the molecule is CC[C@H](Oc1ccc(C(C)(C)C)cc1)C(=O)NCCCN(C)c1ccccc1. The fraction of sp³-hybridized carbons (Fsp3) is 0.458. The van der Waals surface area contributed by atoms with Gasteiger partial charge < -0.3 is 15.0 Å². The normalized spacial score (nSPS) is 12.3. The van der Waals surface area contributed by atoms with E-state index in [1.165, 1.54) is 11.3 Å². The molecule has 0 aromatic heterocycles. The summed E-state index contributed by atoms with van der Waals surface area (Å²) in [6.07, 6.45) is 1.05. The number of carbonyl (C=O) groups is 1. The maximum atomic E-state index is 12.5. The summed E-state index contributed by atoms with van der Waals surface area (Å²) in [5.74, 6) is 0.684. The molecule has 152 valence electrons. The van der Waals surface area contributed by atoms with E-state index in [0.29, 0.717) is 13.0 Å². The molecule has 2 aromatic rings. The van der Waals surface area contributed by atoms with Gasteiger partial charge in [-0.2, -0.15) is 0 Å². The van der Waals surface area contributed by atoms with Crippen LogP contribution in [0.15, 0.2) is 54.6 Å². The van der Waals surface area contributed by atoms with Crippen molar-refractivity contribution in [1.82, 2.24) is 5.32 Å². The molecule has 1 N–H and O–H groups in total. The number of hydrogen-bond acceptors (Lipinski definition) is 3. The van der Waals surface area contributed by atoms with Crippen molar-refractivity contribution < 1.29 is 9.53 Å². The van der Waals surface area contributed by atoms with Gasteiger partial charge in [0.2, 0.25) is 0 Å². The number of amides is 1. The van der Waals surface area contributed by atoms with Crippen molar-refractivity contribution in [2.75, 3.05) is 25.0 Å². The molecule has 0 unspecified atom stereocenters. The van der Waals surface area contributed by atoms with Gasteiger partial charge in [-0.05, 0) is 48.1 Å². The minimum Gasteiger partial charge on any atom is -0.481 e. The van der Waals surface area contributed by atoms with Gasteiger partial charge in [0.15, 0.2) is 6.10 Å². The van der Waals surface area contributed by atoms with Crippen LogP contribution in [0.4, 0.5) is 5.69 Å². The average molecular weight is 383 g/mol. The van der Waals surface area contributed by atoms with Gasteiger partial charge in [0, 0.05) is 25.8 Å². The first-order valence-corrected chi connectivity index (χ1v) is 10.1. The number of carbonyl (C=O) groups excluding carboxylic acids is 1. The van der Waals surface area contributed by atoms with Crippen molar-refractivity contribution in [2.24, 2.45) is 0 Å². The lowest BCUT2D eigenvalue weighted by molar-refractivity contribution is -0.128. The van der Waals surface area contributed by atoms with Crippen LogP contribution in [0.5, 0.6) is 5.75 Å². The van der Waals surface area contributed by atoms with E-state index in [0.717, 1.165) is 18.7 Å². The number of nitrogens with zero attached hydrogens (tertiary/aromatic N) is 1. The van der Waals surface area contributed by atoms with Crippen LogP contribution in [0.2, 0.25) is 0 Å². The highest BCUT2D eigenvalue weighted by Gasteiger charge is 2.19. The van der Waals surface area contributed by atoms with Crippen LogP contribution in [0, 0.1) is 0 Å². The molecule has 2 aromatic carbocycles. The number of rotatable bonds is 9. The Hall–Kier alpha value is -2.49. The number of nitrogens with one attached hydrogen (secondary N) is 1. The van der Waals surface area contributed by atoms with E-state index in [1.807, 2.05) is 37.3 Å². The second-order valence-electron chi connectivity index (χ2n) is 8.19. The quantitative estimate of drug-likeness (QED) is 0.634. The van der Waals surface area contributed by atoms with Crippen LogP contribution in [-0.2, 0) is 10.2 Å². The van der Waals surface area contributed by atoms with Gasteiger partial charge in [0.1, 0.15) is 5.75 Å². The van der Waals surface area contributed by atoms with Crippen LogP contribution >= 0.6 is 0 Å². The minimum absolute atomic E-state index is 0.0511. The van der Waals surface area contributed by atoms with Crippen LogP contribution in [0.1, 0.15) is 46.1 Å². The average Bonchev–Trinajstić information content (AvgIpc) is 2.69. The molecule has 0 bridgehead atoms. The molecule has 2 rings (SSSR count). The highest BCUT2D eigenvalue weighted by molar-refractivity contribution is 5.81. The molecule has 28 heavy (non-hydrogen) atoms. The van der Waals surface area contributed by atoms with E-state index < -0.39 is 6.10 Å². The summed E-state index contributed by atoms with van der Waals surface area (Å²) in [4.78, 5) is 14.7. The molecule has 0 fully saturated rings. The molecular formula is C24H34N2O2. The number of ether oxygens (including phenoxy) is 1. The maximum Gasteiger partial charge on any atom is 0.261 e. The van der Waals surface area contributed by atoms with E-state index in [2.05, 4.69) is 62.3 Å². The molecule has 1 amide bonds. The van der Waals surface area contributed by atoms with Crippen LogP contribution in [0.3, 0.4) is 0 Å². The summed E-state index contributed by atoms with van der Waals surface area (Å²) >= 11 is 0. The molecule has 1 atom stereocenters. The molecule has 0 aliphatic rings. The van der Waals surface area contributed by atoms with E-state index in [9.17, 15) is 4.79 Å². The Bertz CT molecular complexity index is 721. The number of anilines is 1. The van der Waals surface area contributed by atoms with Gasteiger partial charge in [0.25, 0.3) is 5.91 Å². The Morgan fingerprint density at radius 3 is 2.29 bits per heavy atom. The molecule has 0 radical (unpaired) electrons. The first-order valence-electron chi connectivity index (χ1n) is 10.1.